The molecule has 7 heteroatoms. The topological polar surface area (TPSA) is 83.9 Å². The third-order valence-electron chi connectivity index (χ3n) is 4.05. The van der Waals surface area contributed by atoms with Crippen molar-refractivity contribution in [3.8, 4) is 0 Å². The fourth-order valence-electron chi connectivity index (χ4n) is 2.79. The second kappa shape index (κ2) is 7.90. The molecular formula is C16H23NO5S. The van der Waals surface area contributed by atoms with E-state index in [1.165, 1.54) is 4.31 Å². The minimum atomic E-state index is -3.37. The van der Waals surface area contributed by atoms with Crippen LogP contribution in [0.2, 0.25) is 0 Å². The van der Waals surface area contributed by atoms with Gasteiger partial charge in [-0.2, -0.15) is 0 Å². The lowest BCUT2D eigenvalue weighted by atomic mass is 10.0. The standard InChI is InChI=1S/C16H23NO5S/c1-13-5-2-3-7-15(13)12-23(20,21)17-8-4-6-14(9-17)10-22-11-16(18)19/h2-3,5,7,14H,4,6,8-12H2,1H3,(H,18,19). The zero-order valence-corrected chi connectivity index (χ0v) is 14.1. The number of aryl methyl sites for hydroxylation is 1. The van der Waals surface area contributed by atoms with Crippen LogP contribution in [0.3, 0.4) is 0 Å². The summed E-state index contributed by atoms with van der Waals surface area (Å²) in [5.41, 5.74) is 1.78. The van der Waals surface area contributed by atoms with Crippen molar-refractivity contribution >= 4 is 16.0 Å². The molecular weight excluding hydrogens is 318 g/mol. The van der Waals surface area contributed by atoms with Crippen LogP contribution in [0, 0.1) is 12.8 Å². The van der Waals surface area contributed by atoms with E-state index in [-0.39, 0.29) is 24.9 Å². The lowest BCUT2D eigenvalue weighted by Gasteiger charge is -2.31. The van der Waals surface area contributed by atoms with Crippen LogP contribution in [0.15, 0.2) is 24.3 Å². The van der Waals surface area contributed by atoms with Gasteiger partial charge >= 0.3 is 5.97 Å². The molecule has 0 aromatic heterocycles. The number of hydrogen-bond donors (Lipinski definition) is 1. The molecule has 1 N–H and O–H groups in total. The number of carboxylic acids is 1. The van der Waals surface area contributed by atoms with Gasteiger partial charge in [0.25, 0.3) is 0 Å². The van der Waals surface area contributed by atoms with Crippen LogP contribution in [0.1, 0.15) is 24.0 Å². The third-order valence-corrected chi connectivity index (χ3v) is 5.85. The van der Waals surface area contributed by atoms with Crippen molar-refractivity contribution in [1.29, 1.82) is 0 Å². The highest BCUT2D eigenvalue weighted by atomic mass is 32.2. The zero-order valence-electron chi connectivity index (χ0n) is 13.3. The summed E-state index contributed by atoms with van der Waals surface area (Å²) < 4.78 is 31.9. The van der Waals surface area contributed by atoms with Gasteiger partial charge in [0.05, 0.1) is 12.4 Å². The maximum Gasteiger partial charge on any atom is 0.329 e. The van der Waals surface area contributed by atoms with E-state index in [4.69, 9.17) is 9.84 Å². The normalized spacial score (nSPS) is 19.6. The zero-order chi connectivity index (χ0) is 16.9. The van der Waals surface area contributed by atoms with Crippen molar-refractivity contribution in [2.45, 2.75) is 25.5 Å². The number of carboxylic acid groups (broad SMARTS) is 1. The molecule has 128 valence electrons. The van der Waals surface area contributed by atoms with Crippen LogP contribution in [0.5, 0.6) is 0 Å². The largest absolute Gasteiger partial charge is 0.480 e. The number of ether oxygens (including phenoxy) is 1. The van der Waals surface area contributed by atoms with E-state index in [1.807, 2.05) is 31.2 Å². The van der Waals surface area contributed by atoms with Gasteiger partial charge in [0.15, 0.2) is 0 Å². The first-order chi connectivity index (χ1) is 10.9. The Kier molecular flexibility index (Phi) is 6.15. The molecule has 1 atom stereocenters. The van der Waals surface area contributed by atoms with Crippen LogP contribution in [-0.2, 0) is 25.3 Å². The van der Waals surface area contributed by atoms with E-state index >= 15 is 0 Å². The van der Waals surface area contributed by atoms with Gasteiger partial charge in [-0.15, -0.1) is 0 Å². The minimum absolute atomic E-state index is 0.00236. The second-order valence-corrected chi connectivity index (χ2v) is 7.93. The molecule has 1 heterocycles. The fraction of sp³-hybridized carbons (Fsp3) is 0.562. The summed E-state index contributed by atoms with van der Waals surface area (Å²) >= 11 is 0. The van der Waals surface area contributed by atoms with Gasteiger partial charge in [-0.1, -0.05) is 24.3 Å². The van der Waals surface area contributed by atoms with Crippen LogP contribution in [0.25, 0.3) is 0 Å². The summed E-state index contributed by atoms with van der Waals surface area (Å²) in [6, 6.07) is 7.48. The molecule has 0 saturated carbocycles. The maximum atomic E-state index is 12.6. The Balaban J connectivity index is 1.96. The molecule has 23 heavy (non-hydrogen) atoms. The number of carbonyl (C=O) groups is 1. The maximum absolute atomic E-state index is 12.6. The van der Waals surface area contributed by atoms with Gasteiger partial charge in [-0.25, -0.2) is 17.5 Å². The summed E-state index contributed by atoms with van der Waals surface area (Å²) in [7, 11) is -3.37. The highest BCUT2D eigenvalue weighted by Gasteiger charge is 2.29. The fourth-order valence-corrected chi connectivity index (χ4v) is 4.53. The summed E-state index contributed by atoms with van der Waals surface area (Å²) in [4.78, 5) is 10.5. The molecule has 1 saturated heterocycles. The average molecular weight is 341 g/mol. The molecule has 1 aliphatic heterocycles. The predicted molar refractivity (Wildman–Crippen MR) is 86.6 cm³/mol. The quantitative estimate of drug-likeness (QED) is 0.815. The summed E-state index contributed by atoms with van der Waals surface area (Å²) in [6.45, 7) is 2.76. The Hall–Kier alpha value is -1.44. The van der Waals surface area contributed by atoms with Gasteiger partial charge in [0.1, 0.15) is 6.61 Å². The number of nitrogens with zero attached hydrogens (tertiary/aromatic N) is 1. The molecule has 6 nitrogen and oxygen atoms in total. The van der Waals surface area contributed by atoms with E-state index in [0.717, 1.165) is 24.0 Å². The number of rotatable bonds is 7. The minimum Gasteiger partial charge on any atom is -0.480 e. The number of benzene rings is 1. The van der Waals surface area contributed by atoms with E-state index in [2.05, 4.69) is 0 Å². The van der Waals surface area contributed by atoms with Gasteiger partial charge in [-0.3, -0.25) is 0 Å². The van der Waals surface area contributed by atoms with Crippen molar-refractivity contribution in [3.05, 3.63) is 35.4 Å². The first-order valence-electron chi connectivity index (χ1n) is 7.70. The molecule has 1 aromatic rings. The molecule has 1 fully saturated rings. The first-order valence-corrected chi connectivity index (χ1v) is 9.31. The van der Waals surface area contributed by atoms with E-state index in [0.29, 0.717) is 13.1 Å². The van der Waals surface area contributed by atoms with Crippen LogP contribution in [0.4, 0.5) is 0 Å². The molecule has 0 radical (unpaired) electrons. The van der Waals surface area contributed by atoms with E-state index < -0.39 is 16.0 Å². The number of piperidine rings is 1. The lowest BCUT2D eigenvalue weighted by Crippen LogP contribution is -2.41. The van der Waals surface area contributed by atoms with Crippen molar-refractivity contribution in [3.63, 3.8) is 0 Å². The SMILES string of the molecule is Cc1ccccc1CS(=O)(=O)N1CCCC(COCC(=O)O)C1. The van der Waals surface area contributed by atoms with E-state index in [9.17, 15) is 13.2 Å². The Bertz CT molecular complexity index is 644. The highest BCUT2D eigenvalue weighted by Crippen LogP contribution is 2.22. The highest BCUT2D eigenvalue weighted by molar-refractivity contribution is 7.88. The molecule has 1 unspecified atom stereocenters. The average Bonchev–Trinajstić information content (AvgIpc) is 2.49. The number of hydrogen-bond acceptors (Lipinski definition) is 4. The summed E-state index contributed by atoms with van der Waals surface area (Å²) in [5.74, 6) is -0.956. The first kappa shape index (κ1) is 17.9. The summed E-state index contributed by atoms with van der Waals surface area (Å²) in [5, 5.41) is 8.58. The molecule has 1 aromatic carbocycles. The van der Waals surface area contributed by atoms with Crippen molar-refractivity contribution in [1.82, 2.24) is 4.31 Å². The Morgan fingerprint density at radius 3 is 2.83 bits per heavy atom. The van der Waals surface area contributed by atoms with Crippen LogP contribution in [-0.4, -0.2) is 50.1 Å². The van der Waals surface area contributed by atoms with Crippen molar-refractivity contribution in [2.24, 2.45) is 5.92 Å². The Labute approximate surface area is 137 Å². The number of sulfonamides is 1. The summed E-state index contributed by atoms with van der Waals surface area (Å²) in [6.07, 6.45) is 1.63. The van der Waals surface area contributed by atoms with Crippen molar-refractivity contribution in [2.75, 3.05) is 26.3 Å². The van der Waals surface area contributed by atoms with Gasteiger partial charge in [0, 0.05) is 13.1 Å². The molecule has 1 aliphatic rings. The van der Waals surface area contributed by atoms with E-state index in [1.54, 1.807) is 0 Å². The van der Waals surface area contributed by atoms with Gasteiger partial charge in [-0.05, 0) is 36.8 Å². The Morgan fingerprint density at radius 1 is 1.39 bits per heavy atom. The van der Waals surface area contributed by atoms with Crippen LogP contribution >= 0.6 is 0 Å². The monoisotopic (exact) mass is 341 g/mol. The Morgan fingerprint density at radius 2 is 2.13 bits per heavy atom. The molecule has 0 bridgehead atoms. The molecule has 0 aliphatic carbocycles. The third kappa shape index (κ3) is 5.30. The smallest absolute Gasteiger partial charge is 0.329 e. The lowest BCUT2D eigenvalue weighted by molar-refractivity contribution is -0.142. The number of aliphatic carboxylic acids is 1. The van der Waals surface area contributed by atoms with Crippen LogP contribution < -0.4 is 0 Å². The molecule has 0 spiro atoms. The molecule has 0 amide bonds. The molecule has 2 rings (SSSR count). The predicted octanol–water partition coefficient (Wildman–Crippen LogP) is 1.64. The second-order valence-electron chi connectivity index (χ2n) is 5.96. The van der Waals surface area contributed by atoms with Crippen molar-refractivity contribution < 1.29 is 23.1 Å². The van der Waals surface area contributed by atoms with Gasteiger partial charge in [0.2, 0.25) is 10.0 Å². The van der Waals surface area contributed by atoms with Gasteiger partial charge < -0.3 is 9.84 Å².